The Morgan fingerprint density at radius 3 is 2.53 bits per heavy atom. The van der Waals surface area contributed by atoms with Gasteiger partial charge in [0.25, 0.3) is 0 Å². The lowest BCUT2D eigenvalue weighted by Crippen LogP contribution is -2.22. The van der Waals surface area contributed by atoms with Gasteiger partial charge in [0.1, 0.15) is 11.4 Å². The molecule has 1 heterocycles. The number of benzene rings is 1. The molecular weight excluding hydrogens is 241 g/mol. The first-order valence-corrected chi connectivity index (χ1v) is 6.46. The van der Waals surface area contributed by atoms with Crippen molar-refractivity contribution in [3.63, 3.8) is 0 Å². The molecule has 0 aliphatic heterocycles. The van der Waals surface area contributed by atoms with Crippen LogP contribution >= 0.6 is 0 Å². The van der Waals surface area contributed by atoms with Crippen LogP contribution < -0.4 is 0 Å². The van der Waals surface area contributed by atoms with E-state index in [1.165, 1.54) is 17.7 Å². The molecule has 0 aliphatic rings. The van der Waals surface area contributed by atoms with E-state index in [9.17, 15) is 9.50 Å². The number of nitrogens with zero attached hydrogens (tertiary/aromatic N) is 1. The highest BCUT2D eigenvalue weighted by atomic mass is 19.1. The maximum Gasteiger partial charge on any atom is 0.141 e. The predicted molar refractivity (Wildman–Crippen MR) is 73.1 cm³/mol. The van der Waals surface area contributed by atoms with Gasteiger partial charge in [0.05, 0.1) is 11.9 Å². The number of hydrogen-bond donors (Lipinski definition) is 1. The molecule has 0 fully saturated rings. The minimum Gasteiger partial charge on any atom is -0.384 e. The fourth-order valence-corrected chi connectivity index (χ4v) is 2.10. The molecular formula is C16H18FNO. The molecule has 100 valence electrons. The molecule has 0 spiro atoms. The van der Waals surface area contributed by atoms with Gasteiger partial charge < -0.3 is 5.11 Å². The molecule has 1 unspecified atom stereocenters. The van der Waals surface area contributed by atoms with Crippen molar-refractivity contribution < 1.29 is 9.50 Å². The highest BCUT2D eigenvalue weighted by molar-refractivity contribution is 5.15. The number of rotatable bonds is 5. The van der Waals surface area contributed by atoms with Crippen LogP contribution in [0, 0.1) is 5.82 Å². The molecule has 2 aromatic rings. The standard InChI is InChI=1S/C16H18FNO/c1-16(19,15-10-9-14(17)12-18-15)11-5-8-13-6-3-2-4-7-13/h2-4,6-7,9-10,12,19H,5,8,11H2,1H3. The monoisotopic (exact) mass is 259 g/mol. The fraction of sp³-hybridized carbons (Fsp3) is 0.312. The van der Waals surface area contributed by atoms with Crippen molar-refractivity contribution in [2.45, 2.75) is 31.8 Å². The maximum absolute atomic E-state index is 12.8. The smallest absolute Gasteiger partial charge is 0.141 e. The molecule has 1 aromatic carbocycles. The van der Waals surface area contributed by atoms with Gasteiger partial charge in [-0.05, 0) is 43.9 Å². The Balaban J connectivity index is 1.92. The second kappa shape index (κ2) is 5.93. The lowest BCUT2D eigenvalue weighted by molar-refractivity contribution is 0.0411. The summed E-state index contributed by atoms with van der Waals surface area (Å²) >= 11 is 0. The van der Waals surface area contributed by atoms with E-state index < -0.39 is 5.60 Å². The van der Waals surface area contributed by atoms with Crippen LogP contribution in [0.3, 0.4) is 0 Å². The van der Waals surface area contributed by atoms with E-state index in [4.69, 9.17) is 0 Å². The van der Waals surface area contributed by atoms with Gasteiger partial charge in [-0.25, -0.2) is 4.39 Å². The van der Waals surface area contributed by atoms with Crippen molar-refractivity contribution in [3.05, 3.63) is 65.7 Å². The van der Waals surface area contributed by atoms with Gasteiger partial charge in [-0.2, -0.15) is 0 Å². The van der Waals surface area contributed by atoms with Crippen LogP contribution in [-0.2, 0) is 12.0 Å². The van der Waals surface area contributed by atoms with Crippen LogP contribution in [0.5, 0.6) is 0 Å². The van der Waals surface area contributed by atoms with Crippen molar-refractivity contribution in [2.75, 3.05) is 0 Å². The van der Waals surface area contributed by atoms with Gasteiger partial charge >= 0.3 is 0 Å². The molecule has 19 heavy (non-hydrogen) atoms. The normalized spacial score (nSPS) is 14.1. The SMILES string of the molecule is CC(O)(CCCc1ccccc1)c1ccc(F)cn1. The van der Waals surface area contributed by atoms with E-state index in [2.05, 4.69) is 17.1 Å². The number of hydrogen-bond acceptors (Lipinski definition) is 2. The lowest BCUT2D eigenvalue weighted by atomic mass is 9.93. The summed E-state index contributed by atoms with van der Waals surface area (Å²) in [4.78, 5) is 3.95. The molecule has 0 bridgehead atoms. The van der Waals surface area contributed by atoms with Crippen LogP contribution in [0.2, 0.25) is 0 Å². The zero-order valence-corrected chi connectivity index (χ0v) is 11.0. The van der Waals surface area contributed by atoms with E-state index in [-0.39, 0.29) is 5.82 Å². The molecule has 0 amide bonds. The zero-order valence-electron chi connectivity index (χ0n) is 11.0. The van der Waals surface area contributed by atoms with E-state index in [1.807, 2.05) is 18.2 Å². The van der Waals surface area contributed by atoms with Crippen LogP contribution in [-0.4, -0.2) is 10.1 Å². The molecule has 2 nitrogen and oxygen atoms in total. The van der Waals surface area contributed by atoms with Crippen molar-refractivity contribution in [1.82, 2.24) is 4.98 Å². The highest BCUT2D eigenvalue weighted by Crippen LogP contribution is 2.25. The molecule has 1 N–H and O–H groups in total. The first kappa shape index (κ1) is 13.7. The van der Waals surface area contributed by atoms with Crippen molar-refractivity contribution >= 4 is 0 Å². The Morgan fingerprint density at radius 1 is 1.16 bits per heavy atom. The summed E-state index contributed by atoms with van der Waals surface area (Å²) in [6, 6.07) is 13.0. The number of halogens is 1. The molecule has 0 saturated carbocycles. The third-order valence-electron chi connectivity index (χ3n) is 3.25. The summed E-state index contributed by atoms with van der Waals surface area (Å²) in [5, 5.41) is 10.4. The average Bonchev–Trinajstić information content (AvgIpc) is 2.40. The maximum atomic E-state index is 12.8. The van der Waals surface area contributed by atoms with Crippen molar-refractivity contribution in [2.24, 2.45) is 0 Å². The third-order valence-corrected chi connectivity index (χ3v) is 3.25. The predicted octanol–water partition coefficient (Wildman–Crippen LogP) is 3.45. The Hall–Kier alpha value is -1.74. The summed E-state index contributed by atoms with van der Waals surface area (Å²) in [7, 11) is 0. The largest absolute Gasteiger partial charge is 0.384 e. The second-order valence-corrected chi connectivity index (χ2v) is 4.97. The highest BCUT2D eigenvalue weighted by Gasteiger charge is 2.23. The summed E-state index contributed by atoms with van der Waals surface area (Å²) in [6.45, 7) is 1.72. The van der Waals surface area contributed by atoms with Crippen LogP contribution in [0.25, 0.3) is 0 Å². The topological polar surface area (TPSA) is 33.1 Å². The molecule has 0 aliphatic carbocycles. The van der Waals surface area contributed by atoms with Crippen LogP contribution in [0.4, 0.5) is 4.39 Å². The third kappa shape index (κ3) is 3.86. The Bertz CT molecular complexity index is 508. The summed E-state index contributed by atoms with van der Waals surface area (Å²) in [6.07, 6.45) is 3.51. The molecule has 0 radical (unpaired) electrons. The van der Waals surface area contributed by atoms with Crippen molar-refractivity contribution in [3.8, 4) is 0 Å². The number of aliphatic hydroxyl groups is 1. The number of aromatic nitrogens is 1. The summed E-state index contributed by atoms with van der Waals surface area (Å²) in [5.41, 5.74) is 0.759. The van der Waals surface area contributed by atoms with Gasteiger partial charge in [0.15, 0.2) is 0 Å². The van der Waals surface area contributed by atoms with E-state index in [0.717, 1.165) is 19.0 Å². The Kier molecular flexibility index (Phi) is 4.27. The molecule has 0 saturated heterocycles. The van der Waals surface area contributed by atoms with Gasteiger partial charge in [0, 0.05) is 0 Å². The van der Waals surface area contributed by atoms with Crippen LogP contribution in [0.15, 0.2) is 48.7 Å². The second-order valence-electron chi connectivity index (χ2n) is 4.97. The van der Waals surface area contributed by atoms with Gasteiger partial charge in [-0.3, -0.25) is 4.98 Å². The molecule has 1 atom stereocenters. The quantitative estimate of drug-likeness (QED) is 0.892. The minimum atomic E-state index is -1.01. The van der Waals surface area contributed by atoms with Crippen molar-refractivity contribution in [1.29, 1.82) is 0 Å². The van der Waals surface area contributed by atoms with E-state index in [0.29, 0.717) is 12.1 Å². The zero-order chi connectivity index (χ0) is 13.7. The van der Waals surface area contributed by atoms with E-state index >= 15 is 0 Å². The fourth-order valence-electron chi connectivity index (χ4n) is 2.10. The number of aryl methyl sites for hydroxylation is 1. The minimum absolute atomic E-state index is 0.385. The lowest BCUT2D eigenvalue weighted by Gasteiger charge is -2.22. The molecule has 2 rings (SSSR count). The van der Waals surface area contributed by atoms with E-state index in [1.54, 1.807) is 6.92 Å². The summed E-state index contributed by atoms with van der Waals surface area (Å²) < 4.78 is 12.8. The average molecular weight is 259 g/mol. The Labute approximate surface area is 112 Å². The van der Waals surface area contributed by atoms with Gasteiger partial charge in [-0.1, -0.05) is 30.3 Å². The van der Waals surface area contributed by atoms with Crippen LogP contribution in [0.1, 0.15) is 31.0 Å². The van der Waals surface area contributed by atoms with Gasteiger partial charge in [0.2, 0.25) is 0 Å². The molecule has 1 aromatic heterocycles. The van der Waals surface area contributed by atoms with Gasteiger partial charge in [-0.15, -0.1) is 0 Å². The first-order valence-electron chi connectivity index (χ1n) is 6.46. The Morgan fingerprint density at radius 2 is 1.89 bits per heavy atom. The first-order chi connectivity index (χ1) is 9.08. The summed E-state index contributed by atoms with van der Waals surface area (Å²) in [5.74, 6) is -0.385. The number of pyridine rings is 1. The molecule has 3 heteroatoms.